The van der Waals surface area contributed by atoms with Gasteiger partial charge in [0.1, 0.15) is 0 Å². The Bertz CT molecular complexity index is 2800. The lowest BCUT2D eigenvalue weighted by Crippen LogP contribution is -2.00. The molecule has 3 heterocycles. The van der Waals surface area contributed by atoms with E-state index < -0.39 is 0 Å². The smallest absolute Gasteiger partial charge is 0.165 e. The number of nitrogens with zero attached hydrogens (tertiary/aromatic N) is 4. The van der Waals surface area contributed by atoms with Crippen molar-refractivity contribution in [2.24, 2.45) is 0 Å². The molecular weight excluding hydrogens is 617 g/mol. The zero-order valence-electron chi connectivity index (χ0n) is 26.2. The summed E-state index contributed by atoms with van der Waals surface area (Å²) < 4.78 is 2.68. The third-order valence-corrected chi connectivity index (χ3v) is 10.5. The zero-order chi connectivity index (χ0) is 32.3. The van der Waals surface area contributed by atoms with Crippen molar-refractivity contribution in [2.45, 2.75) is 0 Å². The second-order valence-corrected chi connectivity index (χ2v) is 13.3. The van der Waals surface area contributed by atoms with Gasteiger partial charge in [-0.05, 0) is 51.2 Å². The molecule has 5 heteroatoms. The van der Waals surface area contributed by atoms with Gasteiger partial charge in [0, 0.05) is 54.0 Å². The van der Waals surface area contributed by atoms with E-state index in [0.29, 0.717) is 17.5 Å². The number of fused-ring (bicyclic) bond motifs is 10. The molecule has 0 fully saturated rings. The van der Waals surface area contributed by atoms with Crippen LogP contribution in [0.25, 0.3) is 97.9 Å². The van der Waals surface area contributed by atoms with E-state index in [4.69, 9.17) is 19.9 Å². The highest BCUT2D eigenvalue weighted by Crippen LogP contribution is 2.46. The lowest BCUT2D eigenvalue weighted by molar-refractivity contribution is 1.07. The third-order valence-electron chi connectivity index (χ3n) is 9.34. The van der Waals surface area contributed by atoms with Gasteiger partial charge in [0.25, 0.3) is 0 Å². The third kappa shape index (κ3) is 4.59. The molecule has 0 atom stereocenters. The highest BCUT2D eigenvalue weighted by atomic mass is 32.1. The van der Waals surface area contributed by atoms with Crippen LogP contribution in [0.4, 0.5) is 0 Å². The fraction of sp³-hybridized carbons (Fsp3) is 0. The molecule has 0 amide bonds. The van der Waals surface area contributed by atoms with Crippen LogP contribution in [0.15, 0.2) is 158 Å². The lowest BCUT2D eigenvalue weighted by Gasteiger charge is -2.12. The molecule has 10 rings (SSSR count). The summed E-state index contributed by atoms with van der Waals surface area (Å²) >= 11 is 1.89. The number of benzene rings is 7. The molecule has 0 aliphatic carbocycles. The summed E-state index contributed by atoms with van der Waals surface area (Å²) in [7, 11) is 0. The molecular formula is C44H26N4S. The summed E-state index contributed by atoms with van der Waals surface area (Å²) in [6, 6.07) is 53.0. The minimum Gasteiger partial charge on any atom is -0.255 e. The van der Waals surface area contributed by atoms with Crippen molar-refractivity contribution in [3.63, 3.8) is 0 Å². The van der Waals surface area contributed by atoms with Gasteiger partial charge in [-0.1, -0.05) is 127 Å². The Hall–Kier alpha value is -6.30. The Morgan fingerprint density at radius 2 is 0.980 bits per heavy atom. The molecule has 0 aliphatic heterocycles. The Balaban J connectivity index is 1.09. The zero-order valence-corrected chi connectivity index (χ0v) is 27.0. The van der Waals surface area contributed by atoms with Crippen molar-refractivity contribution in [3.05, 3.63) is 158 Å². The number of aromatic nitrogens is 4. The fourth-order valence-electron chi connectivity index (χ4n) is 7.02. The van der Waals surface area contributed by atoms with E-state index in [1.54, 1.807) is 0 Å². The summed E-state index contributed by atoms with van der Waals surface area (Å²) in [5, 5.41) is 10.3. The number of hydrogen-bond acceptors (Lipinski definition) is 5. The molecule has 228 valence electrons. The van der Waals surface area contributed by atoms with E-state index in [1.165, 1.54) is 52.5 Å². The van der Waals surface area contributed by atoms with Gasteiger partial charge in [-0.2, -0.15) is 0 Å². The molecule has 3 aromatic heterocycles. The molecule has 0 aliphatic rings. The van der Waals surface area contributed by atoms with Crippen LogP contribution >= 0.6 is 11.3 Å². The van der Waals surface area contributed by atoms with Crippen LogP contribution in [0, 0.1) is 0 Å². The maximum Gasteiger partial charge on any atom is 0.165 e. The van der Waals surface area contributed by atoms with Crippen molar-refractivity contribution >= 4 is 63.8 Å². The Morgan fingerprint density at radius 1 is 0.388 bits per heavy atom. The molecule has 0 N–H and O–H groups in total. The van der Waals surface area contributed by atoms with Gasteiger partial charge in [0.15, 0.2) is 17.5 Å². The van der Waals surface area contributed by atoms with Gasteiger partial charge in [0.2, 0.25) is 0 Å². The molecule has 0 saturated heterocycles. The van der Waals surface area contributed by atoms with E-state index in [0.717, 1.165) is 27.9 Å². The molecule has 49 heavy (non-hydrogen) atoms. The van der Waals surface area contributed by atoms with E-state index >= 15 is 0 Å². The number of rotatable bonds is 4. The van der Waals surface area contributed by atoms with Crippen molar-refractivity contribution in [2.75, 3.05) is 0 Å². The fourth-order valence-corrected chi connectivity index (χ4v) is 8.28. The quantitative estimate of drug-likeness (QED) is 0.179. The SMILES string of the molecule is c1ccc(-c2nc(-c3ccccc3)nc(-c3ccc(-c4ccc5c(ccc6c5c5ccccc5c5sc7ccccc7c65)c4)nc3)n2)cc1. The predicted molar refractivity (Wildman–Crippen MR) is 205 cm³/mol. The number of hydrogen-bond donors (Lipinski definition) is 0. The first-order valence-electron chi connectivity index (χ1n) is 16.3. The number of pyridine rings is 1. The summed E-state index contributed by atoms with van der Waals surface area (Å²) in [6.45, 7) is 0. The molecule has 0 radical (unpaired) electrons. The minimum absolute atomic E-state index is 0.593. The Labute approximate surface area is 286 Å². The first kappa shape index (κ1) is 27.8. The average molecular weight is 643 g/mol. The second-order valence-electron chi connectivity index (χ2n) is 12.2. The lowest BCUT2D eigenvalue weighted by atomic mass is 9.92. The summed E-state index contributed by atoms with van der Waals surface area (Å²) in [4.78, 5) is 19.5. The first-order valence-corrected chi connectivity index (χ1v) is 17.1. The first-order chi connectivity index (χ1) is 24.3. The normalized spacial score (nSPS) is 11.7. The molecule has 4 nitrogen and oxygen atoms in total. The van der Waals surface area contributed by atoms with Crippen LogP contribution in [-0.4, -0.2) is 19.9 Å². The van der Waals surface area contributed by atoms with Crippen molar-refractivity contribution in [1.82, 2.24) is 19.9 Å². The monoisotopic (exact) mass is 642 g/mol. The minimum atomic E-state index is 0.593. The van der Waals surface area contributed by atoms with Gasteiger partial charge in [0.05, 0.1) is 5.69 Å². The van der Waals surface area contributed by atoms with Gasteiger partial charge in [-0.25, -0.2) is 15.0 Å². The second kappa shape index (κ2) is 11.2. The van der Waals surface area contributed by atoms with Gasteiger partial charge in [-0.15, -0.1) is 11.3 Å². The standard InChI is InChI=1S/C44H26N4S/c1-3-11-27(12-4-1)42-46-43(28-13-5-2-6-14-28)48-44(47-42)31-21-24-37(45-26-31)30-20-22-32-29(25-30)19-23-36-39(32)33-15-7-8-16-34(33)41-40(36)35-17-9-10-18-38(35)49-41/h1-26H. The molecule has 0 spiro atoms. The summed E-state index contributed by atoms with van der Waals surface area (Å²) in [5.74, 6) is 1.86. The number of thiophene rings is 1. The van der Waals surface area contributed by atoms with Crippen LogP contribution in [0.2, 0.25) is 0 Å². The van der Waals surface area contributed by atoms with Crippen molar-refractivity contribution < 1.29 is 0 Å². The van der Waals surface area contributed by atoms with Crippen LogP contribution in [0.5, 0.6) is 0 Å². The van der Waals surface area contributed by atoms with Crippen LogP contribution < -0.4 is 0 Å². The van der Waals surface area contributed by atoms with Crippen LogP contribution in [0.1, 0.15) is 0 Å². The highest BCUT2D eigenvalue weighted by molar-refractivity contribution is 7.27. The Kier molecular flexibility index (Phi) is 6.32. The predicted octanol–water partition coefficient (Wildman–Crippen LogP) is 11.8. The summed E-state index contributed by atoms with van der Waals surface area (Å²) in [6.07, 6.45) is 1.87. The van der Waals surface area contributed by atoms with Gasteiger partial charge >= 0.3 is 0 Å². The highest BCUT2D eigenvalue weighted by Gasteiger charge is 2.17. The molecule has 7 aromatic carbocycles. The Morgan fingerprint density at radius 3 is 1.67 bits per heavy atom. The van der Waals surface area contributed by atoms with Crippen molar-refractivity contribution in [1.29, 1.82) is 0 Å². The van der Waals surface area contributed by atoms with E-state index in [1.807, 2.05) is 78.2 Å². The van der Waals surface area contributed by atoms with E-state index in [2.05, 4.69) is 91.0 Å². The van der Waals surface area contributed by atoms with Gasteiger partial charge < -0.3 is 0 Å². The molecule has 10 aromatic rings. The van der Waals surface area contributed by atoms with Crippen molar-refractivity contribution in [3.8, 4) is 45.4 Å². The molecule has 0 bridgehead atoms. The topological polar surface area (TPSA) is 51.6 Å². The maximum absolute atomic E-state index is 4.92. The molecule has 0 unspecified atom stereocenters. The maximum atomic E-state index is 4.92. The summed E-state index contributed by atoms with van der Waals surface area (Å²) in [5.41, 5.74) is 4.69. The van der Waals surface area contributed by atoms with Crippen LogP contribution in [-0.2, 0) is 0 Å². The van der Waals surface area contributed by atoms with Crippen LogP contribution in [0.3, 0.4) is 0 Å². The van der Waals surface area contributed by atoms with Gasteiger partial charge in [-0.3, -0.25) is 4.98 Å². The largest absolute Gasteiger partial charge is 0.255 e. The molecule has 0 saturated carbocycles. The average Bonchev–Trinajstić information content (AvgIpc) is 3.58. The van der Waals surface area contributed by atoms with E-state index in [9.17, 15) is 0 Å². The van der Waals surface area contributed by atoms with E-state index in [-0.39, 0.29) is 0 Å².